The number of aryl methyl sites for hydroxylation is 1. The first-order chi connectivity index (χ1) is 9.43. The van der Waals surface area contributed by atoms with E-state index in [2.05, 4.69) is 15.9 Å². The molecule has 108 valence electrons. The summed E-state index contributed by atoms with van der Waals surface area (Å²) in [4.78, 5) is 25.1. The highest BCUT2D eigenvalue weighted by atomic mass is 79.9. The van der Waals surface area contributed by atoms with Crippen LogP contribution in [0.3, 0.4) is 0 Å². The molecular formula is C14H16BrNO4. The second-order valence-electron chi connectivity index (χ2n) is 4.87. The minimum Gasteiger partial charge on any atom is -0.480 e. The van der Waals surface area contributed by atoms with Crippen molar-refractivity contribution >= 4 is 27.8 Å². The summed E-state index contributed by atoms with van der Waals surface area (Å²) in [5.41, 5.74) is 1.50. The summed E-state index contributed by atoms with van der Waals surface area (Å²) in [6.45, 7) is 2.23. The minimum absolute atomic E-state index is 0.228. The molecule has 1 aliphatic heterocycles. The third-order valence-corrected chi connectivity index (χ3v) is 4.42. The van der Waals surface area contributed by atoms with Crippen molar-refractivity contribution in [1.82, 2.24) is 4.90 Å². The molecule has 0 spiro atoms. The lowest BCUT2D eigenvalue weighted by molar-refractivity contribution is -0.141. The third kappa shape index (κ3) is 2.86. The molecule has 1 aromatic rings. The van der Waals surface area contributed by atoms with Crippen molar-refractivity contribution in [3.8, 4) is 0 Å². The van der Waals surface area contributed by atoms with Gasteiger partial charge in [-0.15, -0.1) is 0 Å². The summed E-state index contributed by atoms with van der Waals surface area (Å²) in [7, 11) is 1.53. The summed E-state index contributed by atoms with van der Waals surface area (Å²) in [5, 5.41) is 9.23. The lowest BCUT2D eigenvalue weighted by Crippen LogP contribution is -2.40. The van der Waals surface area contributed by atoms with Gasteiger partial charge in [0.05, 0.1) is 6.10 Å². The fourth-order valence-electron chi connectivity index (χ4n) is 2.32. The molecule has 1 aromatic carbocycles. The fraction of sp³-hybridized carbons (Fsp3) is 0.429. The van der Waals surface area contributed by atoms with E-state index in [0.717, 1.165) is 10.0 Å². The average Bonchev–Trinajstić information content (AvgIpc) is 2.85. The monoisotopic (exact) mass is 341 g/mol. The van der Waals surface area contributed by atoms with E-state index in [4.69, 9.17) is 4.74 Å². The van der Waals surface area contributed by atoms with Crippen LogP contribution in [0.5, 0.6) is 0 Å². The smallest absolute Gasteiger partial charge is 0.326 e. The number of hydrogen-bond acceptors (Lipinski definition) is 3. The van der Waals surface area contributed by atoms with Crippen molar-refractivity contribution in [2.24, 2.45) is 0 Å². The van der Waals surface area contributed by atoms with Crippen LogP contribution >= 0.6 is 15.9 Å². The zero-order valence-electron chi connectivity index (χ0n) is 11.3. The van der Waals surface area contributed by atoms with Gasteiger partial charge in [-0.25, -0.2) is 4.79 Å². The summed E-state index contributed by atoms with van der Waals surface area (Å²) in [5.74, 6) is -1.28. The molecule has 2 unspecified atom stereocenters. The maximum Gasteiger partial charge on any atom is 0.326 e. The number of carboxylic acid groups (broad SMARTS) is 1. The van der Waals surface area contributed by atoms with Crippen molar-refractivity contribution < 1.29 is 19.4 Å². The number of likely N-dealkylation sites (tertiary alicyclic amines) is 1. The first-order valence-electron chi connectivity index (χ1n) is 6.26. The van der Waals surface area contributed by atoms with Gasteiger partial charge in [-0.3, -0.25) is 4.79 Å². The van der Waals surface area contributed by atoms with Gasteiger partial charge < -0.3 is 14.7 Å². The Kier molecular flexibility index (Phi) is 4.45. The van der Waals surface area contributed by atoms with Gasteiger partial charge in [0.1, 0.15) is 6.04 Å². The molecule has 2 rings (SSSR count). The van der Waals surface area contributed by atoms with E-state index >= 15 is 0 Å². The van der Waals surface area contributed by atoms with Gasteiger partial charge in [0, 0.05) is 30.1 Å². The number of methoxy groups -OCH3 is 1. The Morgan fingerprint density at radius 1 is 1.45 bits per heavy atom. The van der Waals surface area contributed by atoms with E-state index in [1.807, 2.05) is 13.0 Å². The van der Waals surface area contributed by atoms with Crippen LogP contribution < -0.4 is 0 Å². The topological polar surface area (TPSA) is 66.8 Å². The van der Waals surface area contributed by atoms with E-state index in [9.17, 15) is 14.7 Å². The predicted molar refractivity (Wildman–Crippen MR) is 76.8 cm³/mol. The molecule has 0 aliphatic carbocycles. The van der Waals surface area contributed by atoms with E-state index in [1.165, 1.54) is 12.0 Å². The van der Waals surface area contributed by atoms with Gasteiger partial charge in [0.25, 0.3) is 5.91 Å². The van der Waals surface area contributed by atoms with Crippen molar-refractivity contribution in [3.05, 3.63) is 33.8 Å². The lowest BCUT2D eigenvalue weighted by Gasteiger charge is -2.21. The number of rotatable bonds is 3. The first-order valence-corrected chi connectivity index (χ1v) is 7.06. The van der Waals surface area contributed by atoms with Crippen LogP contribution in [0, 0.1) is 6.92 Å². The number of halogens is 1. The zero-order chi connectivity index (χ0) is 14.9. The molecule has 0 aromatic heterocycles. The molecule has 1 amide bonds. The van der Waals surface area contributed by atoms with Crippen LogP contribution in [0.1, 0.15) is 22.3 Å². The molecule has 1 heterocycles. The zero-order valence-corrected chi connectivity index (χ0v) is 12.9. The highest BCUT2D eigenvalue weighted by Crippen LogP contribution is 2.24. The summed E-state index contributed by atoms with van der Waals surface area (Å²) in [6, 6.07) is 4.43. The highest BCUT2D eigenvalue weighted by molar-refractivity contribution is 9.10. The van der Waals surface area contributed by atoms with Crippen LogP contribution in [-0.4, -0.2) is 47.7 Å². The minimum atomic E-state index is -0.996. The van der Waals surface area contributed by atoms with Gasteiger partial charge in [-0.1, -0.05) is 22.0 Å². The summed E-state index contributed by atoms with van der Waals surface area (Å²) >= 11 is 3.38. The number of benzene rings is 1. The Hall–Kier alpha value is -1.40. The molecule has 5 nitrogen and oxygen atoms in total. The number of amides is 1. The van der Waals surface area contributed by atoms with E-state index in [1.54, 1.807) is 12.1 Å². The van der Waals surface area contributed by atoms with E-state index < -0.39 is 12.0 Å². The first kappa shape index (κ1) is 15.0. The van der Waals surface area contributed by atoms with Crippen LogP contribution in [0.25, 0.3) is 0 Å². The van der Waals surface area contributed by atoms with E-state index in [0.29, 0.717) is 18.5 Å². The Balaban J connectivity index is 2.26. The number of ether oxygens (including phenoxy) is 1. The molecule has 0 bridgehead atoms. The number of carboxylic acids is 1. The quantitative estimate of drug-likeness (QED) is 0.913. The lowest BCUT2D eigenvalue weighted by atomic mass is 10.1. The van der Waals surface area contributed by atoms with E-state index in [-0.39, 0.29) is 12.0 Å². The largest absolute Gasteiger partial charge is 0.480 e. The number of hydrogen-bond donors (Lipinski definition) is 1. The molecule has 2 atom stereocenters. The highest BCUT2D eigenvalue weighted by Gasteiger charge is 2.40. The number of carbonyl (C=O) groups excluding carboxylic acids is 1. The number of carbonyl (C=O) groups is 2. The molecule has 20 heavy (non-hydrogen) atoms. The Bertz CT molecular complexity index is 546. The van der Waals surface area contributed by atoms with Gasteiger partial charge in [0.2, 0.25) is 0 Å². The predicted octanol–water partition coefficient (Wildman–Crippen LogP) is 2.07. The van der Waals surface area contributed by atoms with Crippen LogP contribution in [0.2, 0.25) is 0 Å². The molecule has 1 aliphatic rings. The molecule has 1 N–H and O–H groups in total. The second-order valence-corrected chi connectivity index (χ2v) is 5.72. The maximum absolute atomic E-state index is 12.5. The van der Waals surface area contributed by atoms with Crippen molar-refractivity contribution in [2.75, 3.05) is 13.7 Å². The van der Waals surface area contributed by atoms with Gasteiger partial charge in [-0.2, -0.15) is 0 Å². The molecule has 6 heteroatoms. The molecular weight excluding hydrogens is 326 g/mol. The Morgan fingerprint density at radius 3 is 2.70 bits per heavy atom. The maximum atomic E-state index is 12.5. The van der Waals surface area contributed by atoms with Gasteiger partial charge >= 0.3 is 5.97 Å². The SMILES string of the molecule is COC1CC(C(=O)O)N(C(=O)c2ccc(C)c(Br)c2)C1. The number of aliphatic carboxylic acids is 1. The molecule has 1 fully saturated rings. The van der Waals surface area contributed by atoms with Crippen molar-refractivity contribution in [3.63, 3.8) is 0 Å². The number of nitrogens with zero attached hydrogens (tertiary/aromatic N) is 1. The van der Waals surface area contributed by atoms with Crippen molar-refractivity contribution in [1.29, 1.82) is 0 Å². The van der Waals surface area contributed by atoms with Gasteiger partial charge in [-0.05, 0) is 24.6 Å². The average molecular weight is 342 g/mol. The Labute approximate surface area is 125 Å². The van der Waals surface area contributed by atoms with Crippen LogP contribution in [-0.2, 0) is 9.53 Å². The second kappa shape index (κ2) is 5.93. The summed E-state index contributed by atoms with van der Waals surface area (Å²) in [6.07, 6.45) is 0.0962. The molecule has 0 saturated carbocycles. The third-order valence-electron chi connectivity index (χ3n) is 3.56. The normalized spacial score (nSPS) is 22.1. The summed E-state index contributed by atoms with van der Waals surface area (Å²) < 4.78 is 6.02. The van der Waals surface area contributed by atoms with Crippen LogP contribution in [0.15, 0.2) is 22.7 Å². The standard InChI is InChI=1S/C14H16BrNO4/c1-8-3-4-9(5-11(8)15)13(17)16-7-10(20-2)6-12(16)14(18)19/h3-5,10,12H,6-7H2,1-2H3,(H,18,19). The van der Waals surface area contributed by atoms with Crippen LogP contribution in [0.4, 0.5) is 0 Å². The van der Waals surface area contributed by atoms with Crippen molar-refractivity contribution in [2.45, 2.75) is 25.5 Å². The fourth-order valence-corrected chi connectivity index (χ4v) is 2.70. The molecule has 1 saturated heterocycles. The van der Waals surface area contributed by atoms with Gasteiger partial charge in [0.15, 0.2) is 0 Å². The Morgan fingerprint density at radius 2 is 2.15 bits per heavy atom. The molecule has 0 radical (unpaired) electrons.